The number of anilines is 1. The van der Waals surface area contributed by atoms with Crippen LogP contribution in [0.15, 0.2) is 28.8 Å². The number of hydrogen-bond donors (Lipinski definition) is 1. The number of nitrogens with two attached hydrogens (primary N) is 1. The molecule has 1 saturated carbocycles. The average molecular weight is 285 g/mol. The van der Waals surface area contributed by atoms with Crippen LogP contribution in [-0.4, -0.2) is 10.1 Å². The first kappa shape index (κ1) is 14.1. The first-order valence-corrected chi connectivity index (χ1v) is 7.98. The second-order valence-electron chi connectivity index (χ2n) is 5.98. The van der Waals surface area contributed by atoms with Gasteiger partial charge in [0.25, 0.3) is 0 Å². The van der Waals surface area contributed by atoms with Crippen molar-refractivity contribution in [3.8, 4) is 0 Å². The highest BCUT2D eigenvalue weighted by Crippen LogP contribution is 2.29. The molecule has 0 radical (unpaired) electrons. The maximum atomic E-state index is 5.69. The number of aromatic nitrogens is 2. The largest absolute Gasteiger partial charge is 0.399 e. The molecule has 2 N–H and O–H groups in total. The van der Waals surface area contributed by atoms with Gasteiger partial charge in [0.15, 0.2) is 5.82 Å². The monoisotopic (exact) mass is 285 g/mol. The van der Waals surface area contributed by atoms with Crippen molar-refractivity contribution in [3.63, 3.8) is 0 Å². The Morgan fingerprint density at radius 3 is 2.43 bits per heavy atom. The maximum absolute atomic E-state index is 5.69. The van der Waals surface area contributed by atoms with E-state index < -0.39 is 0 Å². The molecule has 2 aromatic rings. The van der Waals surface area contributed by atoms with Gasteiger partial charge in [0.1, 0.15) is 0 Å². The van der Waals surface area contributed by atoms with E-state index in [1.807, 2.05) is 12.1 Å². The molecule has 112 valence electrons. The van der Waals surface area contributed by atoms with Crippen LogP contribution in [0.3, 0.4) is 0 Å². The Kier molecular flexibility index (Phi) is 4.53. The zero-order valence-corrected chi connectivity index (χ0v) is 12.4. The van der Waals surface area contributed by atoms with Crippen LogP contribution >= 0.6 is 0 Å². The van der Waals surface area contributed by atoms with Crippen molar-refractivity contribution in [2.24, 2.45) is 0 Å². The Balaban J connectivity index is 1.58. The molecule has 0 bridgehead atoms. The van der Waals surface area contributed by atoms with E-state index in [0.717, 1.165) is 30.2 Å². The Morgan fingerprint density at radius 1 is 1.00 bits per heavy atom. The van der Waals surface area contributed by atoms with Crippen molar-refractivity contribution in [2.75, 3.05) is 5.73 Å². The molecule has 0 atom stereocenters. The second kappa shape index (κ2) is 6.74. The number of nitrogens with zero attached hydrogens (tertiary/aromatic N) is 2. The minimum absolute atomic E-state index is 0.501. The smallest absolute Gasteiger partial charge is 0.226 e. The predicted molar refractivity (Wildman–Crippen MR) is 83.0 cm³/mol. The summed E-state index contributed by atoms with van der Waals surface area (Å²) in [6, 6.07) is 7.97. The molecule has 1 heterocycles. The summed E-state index contributed by atoms with van der Waals surface area (Å²) in [5.41, 5.74) is 7.74. The van der Waals surface area contributed by atoms with E-state index >= 15 is 0 Å². The van der Waals surface area contributed by atoms with Crippen LogP contribution in [-0.2, 0) is 12.8 Å². The van der Waals surface area contributed by atoms with Crippen molar-refractivity contribution < 1.29 is 4.52 Å². The summed E-state index contributed by atoms with van der Waals surface area (Å²) in [5, 5.41) is 4.20. The molecule has 1 aliphatic rings. The third-order valence-electron chi connectivity index (χ3n) is 4.31. The van der Waals surface area contributed by atoms with Crippen LogP contribution in [0.5, 0.6) is 0 Å². The maximum Gasteiger partial charge on any atom is 0.226 e. The van der Waals surface area contributed by atoms with Crippen LogP contribution in [0, 0.1) is 0 Å². The summed E-state index contributed by atoms with van der Waals surface area (Å²) in [5.74, 6) is 2.18. The minimum atomic E-state index is 0.501. The van der Waals surface area contributed by atoms with Gasteiger partial charge in [-0.1, -0.05) is 43.0 Å². The zero-order chi connectivity index (χ0) is 14.5. The lowest BCUT2D eigenvalue weighted by Gasteiger charge is -2.07. The molecule has 4 nitrogen and oxygen atoms in total. The van der Waals surface area contributed by atoms with Crippen LogP contribution in [0.1, 0.15) is 61.7 Å². The number of aryl methyl sites for hydroxylation is 2. The van der Waals surface area contributed by atoms with Gasteiger partial charge in [-0.05, 0) is 37.0 Å². The summed E-state index contributed by atoms with van der Waals surface area (Å²) >= 11 is 0. The van der Waals surface area contributed by atoms with Crippen molar-refractivity contribution in [1.82, 2.24) is 10.1 Å². The van der Waals surface area contributed by atoms with E-state index in [2.05, 4.69) is 22.3 Å². The third kappa shape index (κ3) is 3.84. The summed E-state index contributed by atoms with van der Waals surface area (Å²) in [7, 11) is 0. The van der Waals surface area contributed by atoms with Gasteiger partial charge in [0.05, 0.1) is 0 Å². The lowest BCUT2D eigenvalue weighted by atomic mass is 10.00. The molecular formula is C17H23N3O. The molecule has 0 aliphatic heterocycles. The van der Waals surface area contributed by atoms with Crippen LogP contribution in [0.25, 0.3) is 0 Å². The van der Waals surface area contributed by atoms with E-state index in [1.54, 1.807) is 0 Å². The number of rotatable bonds is 4. The molecule has 0 unspecified atom stereocenters. The SMILES string of the molecule is Nc1ccc(CCc2nc(C3CCCCCC3)no2)cc1. The van der Waals surface area contributed by atoms with Gasteiger partial charge in [0.2, 0.25) is 5.89 Å². The summed E-state index contributed by atoms with van der Waals surface area (Å²) in [6.45, 7) is 0. The highest BCUT2D eigenvalue weighted by atomic mass is 16.5. The summed E-state index contributed by atoms with van der Waals surface area (Å²) in [4.78, 5) is 4.61. The van der Waals surface area contributed by atoms with Crippen LogP contribution in [0.4, 0.5) is 5.69 Å². The highest BCUT2D eigenvalue weighted by Gasteiger charge is 2.19. The van der Waals surface area contributed by atoms with E-state index in [4.69, 9.17) is 10.3 Å². The number of nitrogen functional groups attached to an aromatic ring is 1. The van der Waals surface area contributed by atoms with E-state index in [1.165, 1.54) is 44.1 Å². The molecule has 1 aliphatic carbocycles. The lowest BCUT2D eigenvalue weighted by Crippen LogP contribution is -2.00. The van der Waals surface area contributed by atoms with Gasteiger partial charge >= 0.3 is 0 Å². The van der Waals surface area contributed by atoms with E-state index in [-0.39, 0.29) is 0 Å². The third-order valence-corrected chi connectivity index (χ3v) is 4.31. The fraction of sp³-hybridized carbons (Fsp3) is 0.529. The number of benzene rings is 1. The van der Waals surface area contributed by atoms with Gasteiger partial charge in [0, 0.05) is 18.0 Å². The van der Waals surface area contributed by atoms with E-state index in [0.29, 0.717) is 5.92 Å². The molecule has 0 saturated heterocycles. The molecule has 0 spiro atoms. The molecule has 1 aromatic heterocycles. The van der Waals surface area contributed by atoms with Gasteiger partial charge in [-0.2, -0.15) is 4.98 Å². The second-order valence-corrected chi connectivity index (χ2v) is 5.98. The molecule has 3 rings (SSSR count). The standard InChI is InChI=1S/C17H23N3O/c18-15-10-7-13(8-11-15)9-12-16-19-17(20-21-16)14-5-3-1-2-4-6-14/h7-8,10-11,14H,1-6,9,12,18H2. The Bertz CT molecular complexity index is 554. The van der Waals surface area contributed by atoms with Crippen LogP contribution < -0.4 is 5.73 Å². The Hall–Kier alpha value is -1.84. The van der Waals surface area contributed by atoms with Crippen LogP contribution in [0.2, 0.25) is 0 Å². The Labute approximate surface area is 125 Å². The van der Waals surface area contributed by atoms with Crippen molar-refractivity contribution in [3.05, 3.63) is 41.5 Å². The van der Waals surface area contributed by atoms with Crippen molar-refractivity contribution >= 4 is 5.69 Å². The summed E-state index contributed by atoms with van der Waals surface area (Å²) < 4.78 is 5.42. The fourth-order valence-corrected chi connectivity index (χ4v) is 3.01. The zero-order valence-electron chi connectivity index (χ0n) is 12.4. The van der Waals surface area contributed by atoms with E-state index in [9.17, 15) is 0 Å². The molecule has 4 heteroatoms. The average Bonchev–Trinajstić information content (AvgIpc) is 2.80. The quantitative estimate of drug-likeness (QED) is 0.684. The topological polar surface area (TPSA) is 64.9 Å². The minimum Gasteiger partial charge on any atom is -0.399 e. The number of hydrogen-bond acceptors (Lipinski definition) is 4. The van der Waals surface area contributed by atoms with Gasteiger partial charge < -0.3 is 10.3 Å². The fourth-order valence-electron chi connectivity index (χ4n) is 3.01. The van der Waals surface area contributed by atoms with Gasteiger partial charge in [-0.3, -0.25) is 0 Å². The lowest BCUT2D eigenvalue weighted by molar-refractivity contribution is 0.367. The molecule has 0 amide bonds. The molecule has 1 aromatic carbocycles. The van der Waals surface area contributed by atoms with Crippen molar-refractivity contribution in [1.29, 1.82) is 0 Å². The van der Waals surface area contributed by atoms with Gasteiger partial charge in [-0.25, -0.2) is 0 Å². The normalized spacial score (nSPS) is 16.8. The summed E-state index contributed by atoms with van der Waals surface area (Å²) in [6.07, 6.45) is 9.39. The molecular weight excluding hydrogens is 262 g/mol. The molecule has 21 heavy (non-hydrogen) atoms. The first-order valence-electron chi connectivity index (χ1n) is 7.98. The van der Waals surface area contributed by atoms with Crippen molar-refractivity contribution in [2.45, 2.75) is 57.3 Å². The highest BCUT2D eigenvalue weighted by molar-refractivity contribution is 5.39. The first-order chi connectivity index (χ1) is 10.3. The molecule has 1 fully saturated rings. The van der Waals surface area contributed by atoms with Gasteiger partial charge in [-0.15, -0.1) is 0 Å². The predicted octanol–water partition coefficient (Wildman–Crippen LogP) is 3.87. The Morgan fingerprint density at radius 2 is 1.71 bits per heavy atom.